The van der Waals surface area contributed by atoms with Gasteiger partial charge in [-0.25, -0.2) is 0 Å². The summed E-state index contributed by atoms with van der Waals surface area (Å²) >= 11 is 6.38. The van der Waals surface area contributed by atoms with E-state index in [-0.39, 0.29) is 5.91 Å². The summed E-state index contributed by atoms with van der Waals surface area (Å²) < 4.78 is 5.02. The van der Waals surface area contributed by atoms with Gasteiger partial charge in [0.1, 0.15) is 0 Å². The van der Waals surface area contributed by atoms with Gasteiger partial charge in [0.2, 0.25) is 0 Å². The average molecular weight is 286 g/mol. The van der Waals surface area contributed by atoms with E-state index in [9.17, 15) is 4.79 Å². The SMILES string of the molecule is COCCN(CCC(N)=S)C(=O)c1cscc1C. The van der Waals surface area contributed by atoms with Crippen LogP contribution in [0, 0.1) is 6.92 Å². The molecule has 0 aliphatic rings. The normalized spacial score (nSPS) is 10.3. The highest BCUT2D eigenvalue weighted by Gasteiger charge is 2.17. The summed E-state index contributed by atoms with van der Waals surface area (Å²) in [5.41, 5.74) is 7.23. The molecular weight excluding hydrogens is 268 g/mol. The Morgan fingerprint density at radius 1 is 1.50 bits per heavy atom. The van der Waals surface area contributed by atoms with E-state index in [4.69, 9.17) is 22.7 Å². The third-order valence-electron chi connectivity index (χ3n) is 2.57. The van der Waals surface area contributed by atoms with E-state index in [0.29, 0.717) is 31.1 Å². The minimum Gasteiger partial charge on any atom is -0.393 e. The second-order valence-corrected chi connectivity index (χ2v) is 5.24. The number of rotatable bonds is 7. The zero-order chi connectivity index (χ0) is 13.5. The lowest BCUT2D eigenvalue weighted by Crippen LogP contribution is -2.36. The Morgan fingerprint density at radius 2 is 2.22 bits per heavy atom. The van der Waals surface area contributed by atoms with Crippen molar-refractivity contribution in [2.75, 3.05) is 26.8 Å². The smallest absolute Gasteiger partial charge is 0.255 e. The Kier molecular flexibility index (Phi) is 6.24. The molecule has 1 aromatic rings. The Labute approximate surface area is 117 Å². The number of aryl methyl sites for hydroxylation is 1. The maximum atomic E-state index is 12.3. The van der Waals surface area contributed by atoms with E-state index in [0.717, 1.165) is 11.1 Å². The molecular formula is C12H18N2O2S2. The minimum absolute atomic E-state index is 0.0158. The predicted octanol–water partition coefficient (Wildman–Crippen LogP) is 1.82. The average Bonchev–Trinajstić information content (AvgIpc) is 2.74. The molecule has 0 saturated heterocycles. The molecule has 0 atom stereocenters. The number of nitrogens with two attached hydrogens (primary N) is 1. The molecule has 1 amide bonds. The van der Waals surface area contributed by atoms with Crippen molar-refractivity contribution in [1.29, 1.82) is 0 Å². The molecule has 1 aromatic heterocycles. The fraction of sp³-hybridized carbons (Fsp3) is 0.500. The molecule has 4 nitrogen and oxygen atoms in total. The molecule has 0 aliphatic carbocycles. The maximum Gasteiger partial charge on any atom is 0.255 e. The van der Waals surface area contributed by atoms with Gasteiger partial charge in [-0.1, -0.05) is 12.2 Å². The van der Waals surface area contributed by atoms with Crippen LogP contribution in [0.15, 0.2) is 10.8 Å². The fourth-order valence-corrected chi connectivity index (χ4v) is 2.42. The summed E-state index contributed by atoms with van der Waals surface area (Å²) in [6.45, 7) is 3.53. The molecule has 1 rings (SSSR count). The summed E-state index contributed by atoms with van der Waals surface area (Å²) in [5.74, 6) is 0.0158. The Hall–Kier alpha value is -0.980. The lowest BCUT2D eigenvalue weighted by molar-refractivity contribution is 0.0701. The van der Waals surface area contributed by atoms with Crippen LogP contribution in [-0.2, 0) is 4.74 Å². The third-order valence-corrected chi connectivity index (χ3v) is 3.63. The van der Waals surface area contributed by atoms with E-state index < -0.39 is 0 Å². The number of carbonyl (C=O) groups is 1. The number of thiocarbonyl (C=S) groups is 1. The lowest BCUT2D eigenvalue weighted by atomic mass is 10.2. The van der Waals surface area contributed by atoms with Gasteiger partial charge >= 0.3 is 0 Å². The first-order valence-electron chi connectivity index (χ1n) is 5.65. The van der Waals surface area contributed by atoms with Crippen LogP contribution >= 0.6 is 23.6 Å². The van der Waals surface area contributed by atoms with Crippen molar-refractivity contribution in [3.8, 4) is 0 Å². The first kappa shape index (κ1) is 15.1. The van der Waals surface area contributed by atoms with Gasteiger partial charge in [-0.3, -0.25) is 4.79 Å². The molecule has 0 radical (unpaired) electrons. The third kappa shape index (κ3) is 4.36. The maximum absolute atomic E-state index is 12.3. The molecule has 0 bridgehead atoms. The molecule has 0 aromatic carbocycles. The number of nitrogens with zero attached hydrogens (tertiary/aromatic N) is 1. The van der Waals surface area contributed by atoms with Gasteiger partial charge in [0.25, 0.3) is 5.91 Å². The number of amides is 1. The number of thiophene rings is 1. The topological polar surface area (TPSA) is 55.6 Å². The van der Waals surface area contributed by atoms with Crippen LogP contribution in [0.5, 0.6) is 0 Å². The van der Waals surface area contributed by atoms with E-state index >= 15 is 0 Å². The van der Waals surface area contributed by atoms with E-state index in [1.54, 1.807) is 12.0 Å². The molecule has 6 heteroatoms. The molecule has 0 spiro atoms. The van der Waals surface area contributed by atoms with Gasteiger partial charge in [0.05, 0.1) is 17.2 Å². The van der Waals surface area contributed by atoms with Crippen molar-refractivity contribution < 1.29 is 9.53 Å². The van der Waals surface area contributed by atoms with Crippen LogP contribution < -0.4 is 5.73 Å². The van der Waals surface area contributed by atoms with Gasteiger partial charge < -0.3 is 15.4 Å². The van der Waals surface area contributed by atoms with Crippen LogP contribution in [0.4, 0.5) is 0 Å². The van der Waals surface area contributed by atoms with Crippen LogP contribution in [0.2, 0.25) is 0 Å². The highest BCUT2D eigenvalue weighted by atomic mass is 32.1. The van der Waals surface area contributed by atoms with Crippen molar-refractivity contribution in [2.24, 2.45) is 5.73 Å². The van der Waals surface area contributed by atoms with Crippen molar-refractivity contribution in [3.63, 3.8) is 0 Å². The first-order chi connectivity index (χ1) is 8.56. The molecule has 0 unspecified atom stereocenters. The summed E-state index contributed by atoms with van der Waals surface area (Å²) in [5, 5.41) is 3.84. The highest BCUT2D eigenvalue weighted by molar-refractivity contribution is 7.80. The van der Waals surface area contributed by atoms with E-state index in [1.165, 1.54) is 11.3 Å². The summed E-state index contributed by atoms with van der Waals surface area (Å²) in [6, 6.07) is 0. The second-order valence-electron chi connectivity index (χ2n) is 3.97. The quantitative estimate of drug-likeness (QED) is 0.777. The molecule has 0 saturated carbocycles. The van der Waals surface area contributed by atoms with E-state index in [2.05, 4.69) is 0 Å². The Morgan fingerprint density at radius 3 is 2.72 bits per heavy atom. The zero-order valence-corrected chi connectivity index (χ0v) is 12.3. The van der Waals surface area contributed by atoms with Gasteiger partial charge in [-0.05, 0) is 17.9 Å². The zero-order valence-electron chi connectivity index (χ0n) is 10.6. The molecule has 1 heterocycles. The van der Waals surface area contributed by atoms with E-state index in [1.807, 2.05) is 17.7 Å². The Balaban J connectivity index is 2.72. The van der Waals surface area contributed by atoms with Crippen molar-refractivity contribution in [2.45, 2.75) is 13.3 Å². The van der Waals surface area contributed by atoms with Crippen molar-refractivity contribution in [3.05, 3.63) is 21.9 Å². The monoisotopic (exact) mass is 286 g/mol. The molecule has 100 valence electrons. The first-order valence-corrected chi connectivity index (χ1v) is 7.00. The van der Waals surface area contributed by atoms with Crippen LogP contribution in [0.1, 0.15) is 22.3 Å². The fourth-order valence-electron chi connectivity index (χ4n) is 1.51. The van der Waals surface area contributed by atoms with Crippen molar-refractivity contribution in [1.82, 2.24) is 4.90 Å². The van der Waals surface area contributed by atoms with Gasteiger partial charge in [0.15, 0.2) is 0 Å². The second kappa shape index (κ2) is 7.45. The lowest BCUT2D eigenvalue weighted by Gasteiger charge is -2.22. The van der Waals surface area contributed by atoms with Crippen molar-refractivity contribution >= 4 is 34.5 Å². The number of carbonyl (C=O) groups excluding carboxylic acids is 1. The summed E-state index contributed by atoms with van der Waals surface area (Å²) in [6.07, 6.45) is 0.536. The van der Waals surface area contributed by atoms with Gasteiger partial charge in [-0.2, -0.15) is 11.3 Å². The molecule has 2 N–H and O–H groups in total. The minimum atomic E-state index is 0.0158. The number of hydrogen-bond donors (Lipinski definition) is 1. The molecule has 0 fully saturated rings. The highest BCUT2D eigenvalue weighted by Crippen LogP contribution is 2.16. The van der Waals surface area contributed by atoms with Gasteiger partial charge in [0, 0.05) is 32.0 Å². The Bertz CT molecular complexity index is 418. The van der Waals surface area contributed by atoms with Crippen LogP contribution in [-0.4, -0.2) is 42.6 Å². The number of methoxy groups -OCH3 is 1. The molecule has 18 heavy (non-hydrogen) atoms. The predicted molar refractivity (Wildman–Crippen MR) is 78.2 cm³/mol. The number of ether oxygens (including phenoxy) is 1. The van der Waals surface area contributed by atoms with Gasteiger partial charge in [-0.15, -0.1) is 0 Å². The summed E-state index contributed by atoms with van der Waals surface area (Å²) in [4.78, 5) is 14.5. The summed E-state index contributed by atoms with van der Waals surface area (Å²) in [7, 11) is 1.62. The standard InChI is InChI=1S/C12H18N2O2S2/c1-9-7-18-8-10(9)12(15)14(5-6-16-2)4-3-11(13)17/h7-8H,3-6H2,1-2H3,(H2,13,17). The largest absolute Gasteiger partial charge is 0.393 e. The van der Waals surface area contributed by atoms with Crippen LogP contribution in [0.3, 0.4) is 0 Å². The van der Waals surface area contributed by atoms with Crippen LogP contribution in [0.25, 0.3) is 0 Å². The number of hydrogen-bond acceptors (Lipinski definition) is 4. The molecule has 0 aliphatic heterocycles.